The number of nitriles is 1. The molecule has 82 valence electrons. The van der Waals surface area contributed by atoms with Gasteiger partial charge >= 0.3 is 0 Å². The predicted molar refractivity (Wildman–Crippen MR) is 65.3 cm³/mol. The molecule has 0 spiro atoms. The summed E-state index contributed by atoms with van der Waals surface area (Å²) < 4.78 is 1.85. The van der Waals surface area contributed by atoms with Crippen molar-refractivity contribution in [2.75, 3.05) is 0 Å². The largest absolute Gasteiger partial charge is 0.265 e. The normalized spacial score (nSPS) is 11.4. The van der Waals surface area contributed by atoms with Crippen molar-refractivity contribution >= 4 is 11.3 Å². The number of aromatic nitrogens is 2. The van der Waals surface area contributed by atoms with Crippen LogP contribution in [0.4, 0.5) is 0 Å². The molecule has 0 saturated heterocycles. The molecule has 0 amide bonds. The van der Waals surface area contributed by atoms with E-state index in [1.165, 1.54) is 0 Å². The molecule has 2 aromatic rings. The van der Waals surface area contributed by atoms with Gasteiger partial charge in [-0.2, -0.15) is 10.4 Å². The van der Waals surface area contributed by atoms with E-state index in [9.17, 15) is 0 Å². The fourth-order valence-electron chi connectivity index (χ4n) is 1.39. The molecule has 0 aliphatic rings. The van der Waals surface area contributed by atoms with E-state index >= 15 is 0 Å². The van der Waals surface area contributed by atoms with Crippen LogP contribution < -0.4 is 0 Å². The molecule has 0 aliphatic heterocycles. The second kappa shape index (κ2) is 3.76. The third-order valence-corrected chi connectivity index (χ3v) is 3.15. The molecule has 2 aromatic heterocycles. The lowest BCUT2D eigenvalue weighted by Crippen LogP contribution is -2.22. The molecule has 0 radical (unpaired) electrons. The molecule has 0 aromatic carbocycles. The molecule has 3 nitrogen and oxygen atoms in total. The van der Waals surface area contributed by atoms with Gasteiger partial charge in [0.25, 0.3) is 0 Å². The second-order valence-electron chi connectivity index (χ2n) is 4.60. The van der Waals surface area contributed by atoms with Crippen molar-refractivity contribution in [1.29, 1.82) is 5.26 Å². The average molecular weight is 231 g/mol. The molecule has 0 saturated carbocycles. The number of rotatable bonds is 1. The van der Waals surface area contributed by atoms with Gasteiger partial charge in [-0.05, 0) is 32.2 Å². The molecular weight excluding hydrogens is 218 g/mol. The minimum Gasteiger partial charge on any atom is -0.265 e. The summed E-state index contributed by atoms with van der Waals surface area (Å²) in [6.07, 6.45) is 1.81. The Morgan fingerprint density at radius 1 is 1.44 bits per heavy atom. The van der Waals surface area contributed by atoms with Crippen LogP contribution in [-0.4, -0.2) is 9.78 Å². The van der Waals surface area contributed by atoms with Crippen molar-refractivity contribution in [2.24, 2.45) is 0 Å². The summed E-state index contributed by atoms with van der Waals surface area (Å²) in [6, 6.07) is 6.16. The van der Waals surface area contributed by atoms with Gasteiger partial charge in [-0.25, -0.2) is 0 Å². The van der Waals surface area contributed by atoms with E-state index in [4.69, 9.17) is 5.26 Å². The number of hydrogen-bond acceptors (Lipinski definition) is 3. The maximum absolute atomic E-state index is 9.10. The van der Waals surface area contributed by atoms with E-state index in [2.05, 4.69) is 31.9 Å². The molecule has 0 fully saturated rings. The summed E-state index contributed by atoms with van der Waals surface area (Å²) in [4.78, 5) is 1.04. The van der Waals surface area contributed by atoms with Gasteiger partial charge in [0.15, 0.2) is 0 Å². The SMILES string of the molecule is CC(C)(C)n1cc(C#N)c(-c2cccs2)n1. The van der Waals surface area contributed by atoms with E-state index < -0.39 is 0 Å². The number of nitrogens with zero attached hydrogens (tertiary/aromatic N) is 3. The van der Waals surface area contributed by atoms with E-state index in [1.807, 2.05) is 28.4 Å². The van der Waals surface area contributed by atoms with Gasteiger partial charge in [-0.15, -0.1) is 11.3 Å². The summed E-state index contributed by atoms with van der Waals surface area (Å²) in [5.74, 6) is 0. The van der Waals surface area contributed by atoms with E-state index in [0.29, 0.717) is 5.56 Å². The predicted octanol–water partition coefficient (Wildman–Crippen LogP) is 3.24. The van der Waals surface area contributed by atoms with Gasteiger partial charge in [0.1, 0.15) is 11.8 Å². The minimum atomic E-state index is -0.0961. The van der Waals surface area contributed by atoms with E-state index in [1.54, 1.807) is 11.3 Å². The van der Waals surface area contributed by atoms with Crippen LogP contribution >= 0.6 is 11.3 Å². The summed E-state index contributed by atoms with van der Waals surface area (Å²) in [5, 5.41) is 15.6. The topological polar surface area (TPSA) is 41.6 Å². The van der Waals surface area contributed by atoms with Crippen LogP contribution in [-0.2, 0) is 5.54 Å². The first-order valence-corrected chi connectivity index (χ1v) is 5.94. The summed E-state index contributed by atoms with van der Waals surface area (Å²) in [6.45, 7) is 6.21. The third-order valence-electron chi connectivity index (χ3n) is 2.28. The Labute approximate surface area is 99.0 Å². The third kappa shape index (κ3) is 1.86. The lowest BCUT2D eigenvalue weighted by molar-refractivity contribution is 0.356. The Bertz CT molecular complexity index is 524. The van der Waals surface area contributed by atoms with Gasteiger partial charge in [-0.3, -0.25) is 4.68 Å². The van der Waals surface area contributed by atoms with Gasteiger partial charge in [0.05, 0.1) is 16.0 Å². The first kappa shape index (κ1) is 10.9. The molecule has 0 N–H and O–H groups in total. The Kier molecular flexibility index (Phi) is 2.56. The zero-order chi connectivity index (χ0) is 11.8. The zero-order valence-electron chi connectivity index (χ0n) is 9.56. The maximum atomic E-state index is 9.10. The minimum absolute atomic E-state index is 0.0961. The van der Waals surface area contributed by atoms with Crippen LogP contribution in [0.5, 0.6) is 0 Å². The van der Waals surface area contributed by atoms with Crippen LogP contribution in [0.1, 0.15) is 26.3 Å². The Morgan fingerprint density at radius 3 is 2.69 bits per heavy atom. The number of thiophene rings is 1. The molecule has 2 rings (SSSR count). The first-order valence-electron chi connectivity index (χ1n) is 5.06. The van der Waals surface area contributed by atoms with Crippen LogP contribution in [0.3, 0.4) is 0 Å². The fraction of sp³-hybridized carbons (Fsp3) is 0.333. The fourth-order valence-corrected chi connectivity index (χ4v) is 2.12. The van der Waals surface area contributed by atoms with Gasteiger partial charge in [0, 0.05) is 6.20 Å². The van der Waals surface area contributed by atoms with E-state index in [0.717, 1.165) is 10.6 Å². The molecule has 4 heteroatoms. The molecule has 0 aliphatic carbocycles. The van der Waals surface area contributed by atoms with Crippen molar-refractivity contribution < 1.29 is 0 Å². The highest BCUT2D eigenvalue weighted by molar-refractivity contribution is 7.13. The van der Waals surface area contributed by atoms with Crippen LogP contribution in [0.25, 0.3) is 10.6 Å². The highest BCUT2D eigenvalue weighted by atomic mass is 32.1. The van der Waals surface area contributed by atoms with Gasteiger partial charge in [-0.1, -0.05) is 6.07 Å². The maximum Gasteiger partial charge on any atom is 0.120 e. The summed E-state index contributed by atoms with van der Waals surface area (Å²) >= 11 is 1.60. The quantitative estimate of drug-likeness (QED) is 0.756. The smallest absolute Gasteiger partial charge is 0.120 e. The highest BCUT2D eigenvalue weighted by Crippen LogP contribution is 2.28. The monoisotopic (exact) mass is 231 g/mol. The van der Waals surface area contributed by atoms with Crippen LogP contribution in [0, 0.1) is 11.3 Å². The zero-order valence-corrected chi connectivity index (χ0v) is 10.4. The standard InChI is InChI=1S/C12H13N3S/c1-12(2,3)15-8-9(7-13)11(14-15)10-5-4-6-16-10/h4-6,8H,1-3H3. The second-order valence-corrected chi connectivity index (χ2v) is 5.54. The molecule has 16 heavy (non-hydrogen) atoms. The summed E-state index contributed by atoms with van der Waals surface area (Å²) in [7, 11) is 0. The highest BCUT2D eigenvalue weighted by Gasteiger charge is 2.19. The lowest BCUT2D eigenvalue weighted by Gasteiger charge is -2.18. The molecule has 2 heterocycles. The lowest BCUT2D eigenvalue weighted by atomic mass is 10.1. The Morgan fingerprint density at radius 2 is 2.19 bits per heavy atom. The summed E-state index contributed by atoms with van der Waals surface area (Å²) in [5.41, 5.74) is 1.32. The Hall–Kier alpha value is -1.60. The van der Waals surface area contributed by atoms with Crippen molar-refractivity contribution in [3.05, 3.63) is 29.3 Å². The average Bonchev–Trinajstić information content (AvgIpc) is 2.85. The van der Waals surface area contributed by atoms with Crippen LogP contribution in [0.2, 0.25) is 0 Å². The van der Waals surface area contributed by atoms with Crippen LogP contribution in [0.15, 0.2) is 23.7 Å². The molecular formula is C12H13N3S. The first-order chi connectivity index (χ1) is 7.52. The van der Waals surface area contributed by atoms with Gasteiger partial charge in [0.2, 0.25) is 0 Å². The van der Waals surface area contributed by atoms with E-state index in [-0.39, 0.29) is 5.54 Å². The Balaban J connectivity index is 2.55. The van der Waals surface area contributed by atoms with Crippen molar-refractivity contribution in [2.45, 2.75) is 26.3 Å². The van der Waals surface area contributed by atoms with Gasteiger partial charge < -0.3 is 0 Å². The molecule has 0 bridgehead atoms. The molecule has 0 atom stereocenters. The number of hydrogen-bond donors (Lipinski definition) is 0. The van der Waals surface area contributed by atoms with Crippen molar-refractivity contribution in [3.63, 3.8) is 0 Å². The molecule has 0 unspecified atom stereocenters. The van der Waals surface area contributed by atoms with Crippen molar-refractivity contribution in [3.8, 4) is 16.6 Å². The van der Waals surface area contributed by atoms with Crippen molar-refractivity contribution in [1.82, 2.24) is 9.78 Å².